The van der Waals surface area contributed by atoms with Crippen molar-refractivity contribution in [3.8, 4) is 0 Å². The maximum atomic E-state index is 4.29. The molecule has 0 saturated heterocycles. The van der Waals surface area contributed by atoms with Crippen LogP contribution in [0.25, 0.3) is 12.2 Å². The molecule has 2 nitrogen and oxygen atoms in total. The lowest BCUT2D eigenvalue weighted by Crippen LogP contribution is -1.81. The van der Waals surface area contributed by atoms with Crippen LogP contribution in [0.1, 0.15) is 22.3 Å². The molecule has 5 heteroatoms. The average molecular weight is 383 g/mol. The topological polar surface area (TPSA) is 25.8 Å². The minimum Gasteiger partial charge on any atom is -0.131 e. The number of rotatable bonds is 8. The minimum atomic E-state index is 0.903. The van der Waals surface area contributed by atoms with Crippen LogP contribution in [-0.4, -0.2) is 10.2 Å². The van der Waals surface area contributed by atoms with Crippen molar-refractivity contribution in [3.63, 3.8) is 0 Å². The fraction of sp³-hybridized carbons (Fsp3) is 0.100. The van der Waals surface area contributed by atoms with E-state index in [9.17, 15) is 0 Å². The number of hydrogen-bond acceptors (Lipinski definition) is 5. The maximum absolute atomic E-state index is 4.29. The molecule has 0 aliphatic heterocycles. The molecule has 1 aromatic heterocycles. The summed E-state index contributed by atoms with van der Waals surface area (Å²) in [4.78, 5) is 0. The molecule has 1 heterocycles. The molecule has 0 fully saturated rings. The molecule has 0 amide bonds. The van der Waals surface area contributed by atoms with Crippen molar-refractivity contribution in [2.45, 2.75) is 20.2 Å². The maximum Gasteiger partial charge on any atom is 0.175 e. The normalized spacial score (nSPS) is 10.6. The van der Waals surface area contributed by atoms with Gasteiger partial charge in [-0.3, -0.25) is 0 Å². The van der Waals surface area contributed by atoms with E-state index in [2.05, 4.69) is 71.9 Å². The molecule has 0 aliphatic carbocycles. The number of nitrogens with zero attached hydrogens (tertiary/aromatic N) is 2. The van der Waals surface area contributed by atoms with Gasteiger partial charge in [-0.15, -0.1) is 10.2 Å². The lowest BCUT2D eigenvalue weighted by Gasteiger charge is -2.00. The molecular formula is C20H18N2S3. The second kappa shape index (κ2) is 9.04. The van der Waals surface area contributed by atoms with E-state index in [0.29, 0.717) is 0 Å². The standard InChI is InChI=1S/C20H18N2S3/c1-3-15-5-9-17(10-6-15)13-23-19-21-22-20(25-19)24-14-18-11-7-16(4-2)8-12-18/h3-12H,1-2,13-14H2. The molecule has 0 unspecified atom stereocenters. The van der Waals surface area contributed by atoms with Gasteiger partial charge in [-0.2, -0.15) is 0 Å². The zero-order valence-electron chi connectivity index (χ0n) is 13.7. The Labute approximate surface area is 161 Å². The summed E-state index contributed by atoms with van der Waals surface area (Å²) < 4.78 is 2.02. The molecule has 25 heavy (non-hydrogen) atoms. The summed E-state index contributed by atoms with van der Waals surface area (Å²) in [7, 11) is 0. The summed E-state index contributed by atoms with van der Waals surface area (Å²) in [6, 6.07) is 16.9. The largest absolute Gasteiger partial charge is 0.175 e. The van der Waals surface area contributed by atoms with Crippen LogP contribution in [-0.2, 0) is 11.5 Å². The number of thioether (sulfide) groups is 2. The molecule has 0 aliphatic rings. The highest BCUT2D eigenvalue weighted by Crippen LogP contribution is 2.32. The Morgan fingerprint density at radius 3 is 1.48 bits per heavy atom. The SMILES string of the molecule is C=Cc1ccc(CSc2nnc(SCc3ccc(C=C)cc3)s2)cc1. The first-order valence-corrected chi connectivity index (χ1v) is 10.6. The number of aromatic nitrogens is 2. The summed E-state index contributed by atoms with van der Waals surface area (Å²) in [6.45, 7) is 7.55. The van der Waals surface area contributed by atoms with Gasteiger partial charge >= 0.3 is 0 Å². The van der Waals surface area contributed by atoms with Crippen LogP contribution in [0.15, 0.2) is 70.4 Å². The van der Waals surface area contributed by atoms with Crippen molar-refractivity contribution >= 4 is 47.0 Å². The molecule has 3 aromatic rings. The molecule has 0 radical (unpaired) electrons. The van der Waals surface area contributed by atoms with Gasteiger partial charge in [0.1, 0.15) is 0 Å². The van der Waals surface area contributed by atoms with Crippen LogP contribution < -0.4 is 0 Å². The third-order valence-corrected chi connectivity index (χ3v) is 6.88. The zero-order valence-corrected chi connectivity index (χ0v) is 16.2. The van der Waals surface area contributed by atoms with E-state index < -0.39 is 0 Å². The smallest absolute Gasteiger partial charge is 0.131 e. The van der Waals surface area contributed by atoms with Gasteiger partial charge in [0, 0.05) is 11.5 Å². The van der Waals surface area contributed by atoms with E-state index in [1.54, 1.807) is 34.9 Å². The van der Waals surface area contributed by atoms with Gasteiger partial charge in [-0.05, 0) is 22.3 Å². The van der Waals surface area contributed by atoms with Crippen LogP contribution in [0.2, 0.25) is 0 Å². The van der Waals surface area contributed by atoms with Gasteiger partial charge in [-0.25, -0.2) is 0 Å². The number of benzene rings is 2. The lowest BCUT2D eigenvalue weighted by molar-refractivity contribution is 0.954. The highest BCUT2D eigenvalue weighted by Gasteiger charge is 2.06. The van der Waals surface area contributed by atoms with E-state index >= 15 is 0 Å². The molecule has 0 saturated carbocycles. The average Bonchev–Trinajstić information content (AvgIpc) is 3.13. The van der Waals surface area contributed by atoms with Crippen molar-refractivity contribution in [1.82, 2.24) is 10.2 Å². The summed E-state index contributed by atoms with van der Waals surface area (Å²) in [6.07, 6.45) is 3.71. The van der Waals surface area contributed by atoms with Gasteiger partial charge in [0.25, 0.3) is 0 Å². The molecule has 3 rings (SSSR count). The molecule has 2 aromatic carbocycles. The van der Waals surface area contributed by atoms with E-state index in [4.69, 9.17) is 0 Å². The molecular weight excluding hydrogens is 364 g/mol. The second-order valence-corrected chi connectivity index (χ2v) is 8.73. The Morgan fingerprint density at radius 2 is 1.12 bits per heavy atom. The Hall–Kier alpha value is -1.82. The predicted molar refractivity (Wildman–Crippen MR) is 112 cm³/mol. The van der Waals surface area contributed by atoms with Crippen LogP contribution in [0.3, 0.4) is 0 Å². The number of hydrogen-bond donors (Lipinski definition) is 0. The molecule has 0 N–H and O–H groups in total. The Bertz CT molecular complexity index is 766. The zero-order chi connectivity index (χ0) is 17.5. The van der Waals surface area contributed by atoms with Gasteiger partial charge in [0.2, 0.25) is 0 Å². The van der Waals surface area contributed by atoms with Crippen molar-refractivity contribution in [2.24, 2.45) is 0 Å². The van der Waals surface area contributed by atoms with Crippen LogP contribution >= 0.6 is 34.9 Å². The molecule has 0 atom stereocenters. The van der Waals surface area contributed by atoms with Crippen molar-refractivity contribution in [3.05, 3.63) is 83.9 Å². The van der Waals surface area contributed by atoms with E-state index in [-0.39, 0.29) is 0 Å². The van der Waals surface area contributed by atoms with Crippen LogP contribution in [0.4, 0.5) is 0 Å². The van der Waals surface area contributed by atoms with Crippen molar-refractivity contribution < 1.29 is 0 Å². The van der Waals surface area contributed by atoms with E-state index in [1.165, 1.54) is 11.1 Å². The second-order valence-electron chi connectivity index (χ2n) is 5.30. The van der Waals surface area contributed by atoms with Gasteiger partial charge < -0.3 is 0 Å². The molecule has 0 spiro atoms. The Balaban J connectivity index is 1.50. The van der Waals surface area contributed by atoms with E-state index in [0.717, 1.165) is 31.3 Å². The Morgan fingerprint density at radius 1 is 0.720 bits per heavy atom. The third kappa shape index (κ3) is 5.33. The van der Waals surface area contributed by atoms with E-state index in [1.807, 2.05) is 12.2 Å². The first-order chi connectivity index (χ1) is 12.3. The fourth-order valence-corrected chi connectivity index (χ4v) is 5.04. The van der Waals surface area contributed by atoms with Gasteiger partial charge in [-0.1, -0.05) is 109 Å². The summed E-state index contributed by atoms with van der Waals surface area (Å²) in [5, 5.41) is 8.57. The third-order valence-electron chi connectivity index (χ3n) is 3.54. The molecule has 0 bridgehead atoms. The van der Waals surface area contributed by atoms with Gasteiger partial charge in [0.15, 0.2) is 8.68 Å². The lowest BCUT2D eigenvalue weighted by atomic mass is 10.1. The minimum absolute atomic E-state index is 0.903. The summed E-state index contributed by atoms with van der Waals surface area (Å²) >= 11 is 5.12. The van der Waals surface area contributed by atoms with Gasteiger partial charge in [0.05, 0.1) is 0 Å². The monoisotopic (exact) mass is 382 g/mol. The Kier molecular flexibility index (Phi) is 6.50. The quantitative estimate of drug-likeness (QED) is 0.420. The first kappa shape index (κ1) is 18.0. The van der Waals surface area contributed by atoms with Crippen molar-refractivity contribution in [2.75, 3.05) is 0 Å². The predicted octanol–water partition coefficient (Wildman–Crippen LogP) is 6.41. The molecule has 126 valence electrons. The fourth-order valence-electron chi connectivity index (χ4n) is 2.10. The summed E-state index contributed by atoms with van der Waals surface area (Å²) in [5.41, 5.74) is 4.85. The van der Waals surface area contributed by atoms with Crippen LogP contribution in [0, 0.1) is 0 Å². The van der Waals surface area contributed by atoms with Crippen LogP contribution in [0.5, 0.6) is 0 Å². The highest BCUT2D eigenvalue weighted by atomic mass is 32.2. The highest BCUT2D eigenvalue weighted by molar-refractivity contribution is 8.02. The van der Waals surface area contributed by atoms with Crippen molar-refractivity contribution in [1.29, 1.82) is 0 Å². The first-order valence-electron chi connectivity index (χ1n) is 7.78. The summed E-state index contributed by atoms with van der Waals surface area (Å²) in [5.74, 6) is 1.81.